The molecular weight excluding hydrogens is 220 g/mol. The molecule has 1 amide bonds. The van der Waals surface area contributed by atoms with Crippen LogP contribution in [0.3, 0.4) is 0 Å². The topological polar surface area (TPSA) is 62.5 Å². The van der Waals surface area contributed by atoms with E-state index in [1.54, 1.807) is 25.9 Å². The van der Waals surface area contributed by atoms with Crippen molar-refractivity contribution in [3.8, 4) is 0 Å². The van der Waals surface area contributed by atoms with Gasteiger partial charge in [0.25, 0.3) is 0 Å². The van der Waals surface area contributed by atoms with E-state index in [0.29, 0.717) is 18.3 Å². The zero-order chi connectivity index (χ0) is 12.4. The minimum Gasteiger partial charge on any atom is -0.347 e. The molecule has 2 rings (SSSR count). The average Bonchev–Trinajstić information content (AvgIpc) is 2.87. The number of aryl methyl sites for hydroxylation is 1. The van der Waals surface area contributed by atoms with Crippen molar-refractivity contribution in [1.29, 1.82) is 0 Å². The number of nitrogens with zero attached hydrogens (tertiary/aromatic N) is 4. The van der Waals surface area contributed by atoms with E-state index in [9.17, 15) is 4.79 Å². The van der Waals surface area contributed by atoms with Crippen LogP contribution in [0.4, 0.5) is 0 Å². The third kappa shape index (κ3) is 2.63. The summed E-state index contributed by atoms with van der Waals surface area (Å²) in [5.74, 6) is 1.37. The molecule has 1 atom stereocenters. The monoisotopic (exact) mass is 238 g/mol. The Labute approximate surface area is 101 Å². The van der Waals surface area contributed by atoms with Crippen LogP contribution in [0.5, 0.6) is 0 Å². The zero-order valence-corrected chi connectivity index (χ0v) is 10.5. The molecule has 0 aliphatic carbocycles. The first-order valence-corrected chi connectivity index (χ1v) is 5.82. The molecule has 1 fully saturated rings. The van der Waals surface area contributed by atoms with Crippen LogP contribution in [0.2, 0.25) is 0 Å². The maximum absolute atomic E-state index is 12.0. The number of hydrogen-bond donors (Lipinski definition) is 0. The molecule has 1 aromatic rings. The second kappa shape index (κ2) is 4.83. The molecule has 6 heteroatoms. The molecule has 0 radical (unpaired) electrons. The number of likely N-dealkylation sites (tertiary alicyclic amines) is 1. The van der Waals surface area contributed by atoms with Crippen molar-refractivity contribution >= 4 is 5.91 Å². The second-order valence-corrected chi connectivity index (χ2v) is 4.60. The highest BCUT2D eigenvalue weighted by Crippen LogP contribution is 2.20. The van der Waals surface area contributed by atoms with Crippen molar-refractivity contribution in [1.82, 2.24) is 19.9 Å². The maximum atomic E-state index is 12.0. The summed E-state index contributed by atoms with van der Waals surface area (Å²) in [6.07, 6.45) is 1.95. The summed E-state index contributed by atoms with van der Waals surface area (Å²) in [6.45, 7) is 3.26. The molecule has 6 nitrogen and oxygen atoms in total. The molecule has 1 aliphatic rings. The van der Waals surface area contributed by atoms with E-state index in [2.05, 4.69) is 15.0 Å². The van der Waals surface area contributed by atoms with Gasteiger partial charge < -0.3 is 9.42 Å². The van der Waals surface area contributed by atoms with Crippen molar-refractivity contribution in [3.63, 3.8) is 0 Å². The maximum Gasteiger partial charge on any atom is 0.240 e. The van der Waals surface area contributed by atoms with E-state index in [4.69, 9.17) is 4.52 Å². The lowest BCUT2D eigenvalue weighted by Gasteiger charge is -2.24. The minimum atomic E-state index is -0.0443. The summed E-state index contributed by atoms with van der Waals surface area (Å²) in [5.41, 5.74) is 0. The van der Waals surface area contributed by atoms with Crippen molar-refractivity contribution in [3.05, 3.63) is 11.7 Å². The number of hydrogen-bond acceptors (Lipinski definition) is 5. The number of amides is 1. The first-order valence-electron chi connectivity index (χ1n) is 5.82. The van der Waals surface area contributed by atoms with Crippen LogP contribution in [0, 0.1) is 6.92 Å². The highest BCUT2D eigenvalue weighted by molar-refractivity contribution is 5.81. The molecule has 0 bridgehead atoms. The number of aromatic nitrogens is 2. The molecular formula is C11H18N4O2. The van der Waals surface area contributed by atoms with Crippen LogP contribution in [0.1, 0.15) is 24.6 Å². The fourth-order valence-corrected chi connectivity index (χ4v) is 2.17. The van der Waals surface area contributed by atoms with Crippen molar-refractivity contribution in [2.75, 3.05) is 20.6 Å². The quantitative estimate of drug-likeness (QED) is 0.764. The lowest BCUT2D eigenvalue weighted by Crippen LogP contribution is -2.42. The van der Waals surface area contributed by atoms with Gasteiger partial charge in [-0.25, -0.2) is 0 Å². The Morgan fingerprint density at radius 2 is 2.35 bits per heavy atom. The van der Waals surface area contributed by atoms with Crippen LogP contribution in [0.25, 0.3) is 0 Å². The molecule has 1 saturated heterocycles. The van der Waals surface area contributed by atoms with Crippen molar-refractivity contribution in [2.45, 2.75) is 32.4 Å². The van der Waals surface area contributed by atoms with E-state index < -0.39 is 0 Å². The van der Waals surface area contributed by atoms with Gasteiger partial charge in [0.2, 0.25) is 11.8 Å². The molecule has 1 unspecified atom stereocenters. The molecule has 94 valence electrons. The Morgan fingerprint density at radius 3 is 2.94 bits per heavy atom. The predicted octanol–water partition coefficient (Wildman–Crippen LogP) is 0.431. The summed E-state index contributed by atoms with van der Waals surface area (Å²) < 4.78 is 5.09. The highest BCUT2D eigenvalue weighted by atomic mass is 16.5. The number of carbonyl (C=O) groups excluding carboxylic acids is 1. The van der Waals surface area contributed by atoms with Crippen molar-refractivity contribution in [2.24, 2.45) is 0 Å². The van der Waals surface area contributed by atoms with Crippen LogP contribution in [-0.2, 0) is 11.3 Å². The molecule has 0 N–H and O–H groups in total. The SMILES string of the molecule is Cc1noc(CN2CCCC2C(=O)N(C)C)n1. The van der Waals surface area contributed by atoms with E-state index in [0.717, 1.165) is 19.4 Å². The second-order valence-electron chi connectivity index (χ2n) is 4.60. The van der Waals surface area contributed by atoms with Crippen LogP contribution >= 0.6 is 0 Å². The smallest absolute Gasteiger partial charge is 0.240 e. The summed E-state index contributed by atoms with van der Waals surface area (Å²) in [6, 6.07) is -0.0443. The molecule has 0 spiro atoms. The fraction of sp³-hybridized carbons (Fsp3) is 0.727. The largest absolute Gasteiger partial charge is 0.347 e. The van der Waals surface area contributed by atoms with Crippen LogP contribution < -0.4 is 0 Å². The van der Waals surface area contributed by atoms with Gasteiger partial charge in [0.1, 0.15) is 0 Å². The first-order chi connectivity index (χ1) is 8.08. The van der Waals surface area contributed by atoms with Crippen LogP contribution in [0.15, 0.2) is 4.52 Å². The standard InChI is InChI=1S/C11H18N4O2/c1-8-12-10(17-13-8)7-15-6-4-5-9(15)11(16)14(2)3/h9H,4-7H2,1-3H3. The Morgan fingerprint density at radius 1 is 1.59 bits per heavy atom. The zero-order valence-electron chi connectivity index (χ0n) is 10.5. The van der Waals surface area contributed by atoms with E-state index >= 15 is 0 Å². The summed E-state index contributed by atoms with van der Waals surface area (Å²) in [4.78, 5) is 19.9. The highest BCUT2D eigenvalue weighted by Gasteiger charge is 2.32. The van der Waals surface area contributed by atoms with Gasteiger partial charge in [0.05, 0.1) is 12.6 Å². The van der Waals surface area contributed by atoms with Gasteiger partial charge in [-0.2, -0.15) is 4.98 Å². The Bertz CT molecular complexity index is 402. The summed E-state index contributed by atoms with van der Waals surface area (Å²) >= 11 is 0. The fourth-order valence-electron chi connectivity index (χ4n) is 2.17. The van der Waals surface area contributed by atoms with Crippen molar-refractivity contribution < 1.29 is 9.32 Å². The van der Waals surface area contributed by atoms with Gasteiger partial charge in [-0.15, -0.1) is 0 Å². The predicted molar refractivity (Wildman–Crippen MR) is 61.2 cm³/mol. The van der Waals surface area contributed by atoms with Crippen LogP contribution in [-0.4, -0.2) is 52.5 Å². The Hall–Kier alpha value is -1.43. The molecule has 1 aromatic heterocycles. The van der Waals surface area contributed by atoms with Gasteiger partial charge >= 0.3 is 0 Å². The molecule has 2 heterocycles. The molecule has 17 heavy (non-hydrogen) atoms. The van der Waals surface area contributed by atoms with E-state index in [1.165, 1.54) is 0 Å². The van der Waals surface area contributed by atoms with E-state index in [1.807, 2.05) is 0 Å². The van der Waals surface area contributed by atoms with E-state index in [-0.39, 0.29) is 11.9 Å². The lowest BCUT2D eigenvalue weighted by molar-refractivity contribution is -0.133. The number of rotatable bonds is 3. The molecule has 1 aliphatic heterocycles. The summed E-state index contributed by atoms with van der Waals surface area (Å²) in [7, 11) is 3.57. The average molecular weight is 238 g/mol. The molecule has 0 saturated carbocycles. The van der Waals surface area contributed by atoms with Gasteiger partial charge in [-0.3, -0.25) is 9.69 Å². The molecule has 0 aromatic carbocycles. The number of likely N-dealkylation sites (N-methyl/N-ethyl adjacent to an activating group) is 1. The summed E-state index contributed by atoms with van der Waals surface area (Å²) in [5, 5.41) is 3.76. The van der Waals surface area contributed by atoms with Gasteiger partial charge in [0, 0.05) is 14.1 Å². The van der Waals surface area contributed by atoms with Gasteiger partial charge in [0.15, 0.2) is 5.82 Å². The first kappa shape index (κ1) is 12.0. The number of carbonyl (C=O) groups is 1. The Balaban J connectivity index is 2.02. The van der Waals surface area contributed by atoms with Gasteiger partial charge in [-0.1, -0.05) is 5.16 Å². The Kier molecular flexibility index (Phi) is 3.42. The lowest BCUT2D eigenvalue weighted by atomic mass is 10.2. The third-order valence-corrected chi connectivity index (χ3v) is 3.00. The van der Waals surface area contributed by atoms with Gasteiger partial charge in [-0.05, 0) is 26.3 Å². The normalized spacial score (nSPS) is 20.8. The third-order valence-electron chi connectivity index (χ3n) is 3.00. The minimum absolute atomic E-state index is 0.0443.